The molecular weight excluding hydrogens is 252 g/mol. The molecule has 1 aliphatic rings. The van der Waals surface area contributed by atoms with Crippen LogP contribution < -0.4 is 9.47 Å². The van der Waals surface area contributed by atoms with E-state index >= 15 is 0 Å². The topological polar surface area (TPSA) is 38.7 Å². The van der Waals surface area contributed by atoms with E-state index in [1.807, 2.05) is 25.1 Å². The van der Waals surface area contributed by atoms with Gasteiger partial charge in [-0.3, -0.25) is 0 Å². The number of fused-ring (bicyclic) bond motifs is 1. The van der Waals surface area contributed by atoms with Crippen molar-refractivity contribution in [3.63, 3.8) is 0 Å². The lowest BCUT2D eigenvalue weighted by Gasteiger charge is -2.26. The molecule has 1 heterocycles. The minimum absolute atomic E-state index is 0.0720. The van der Waals surface area contributed by atoms with Crippen LogP contribution in [0.5, 0.6) is 17.2 Å². The van der Waals surface area contributed by atoms with Gasteiger partial charge < -0.3 is 14.6 Å². The Morgan fingerprint density at radius 2 is 2.00 bits per heavy atom. The van der Waals surface area contributed by atoms with Crippen LogP contribution in [0.15, 0.2) is 42.5 Å². The Bertz CT molecular complexity index is 590. The van der Waals surface area contributed by atoms with Gasteiger partial charge in [-0.25, -0.2) is 0 Å². The molecule has 0 saturated carbocycles. The van der Waals surface area contributed by atoms with Crippen LogP contribution >= 0.6 is 0 Å². The number of aryl methyl sites for hydroxylation is 1. The standard InChI is InChI=1S/C17H18O3/c1-2-19-15-7-3-12(4-8-15)16-9-5-13-11-14(18)6-10-17(13)20-16/h3-4,6-8,10-11,16,18H,2,5,9H2,1H3. The molecule has 3 nitrogen and oxygen atoms in total. The smallest absolute Gasteiger partial charge is 0.124 e. The number of rotatable bonds is 3. The summed E-state index contributed by atoms with van der Waals surface area (Å²) in [6, 6.07) is 13.4. The first-order valence-corrected chi connectivity index (χ1v) is 6.97. The molecule has 2 aromatic carbocycles. The summed E-state index contributed by atoms with van der Waals surface area (Å²) in [5.41, 5.74) is 2.24. The molecule has 0 spiro atoms. The Hall–Kier alpha value is -2.16. The average molecular weight is 270 g/mol. The van der Waals surface area contributed by atoms with Crippen LogP contribution in [0.2, 0.25) is 0 Å². The fraction of sp³-hybridized carbons (Fsp3) is 0.294. The number of hydrogen-bond donors (Lipinski definition) is 1. The number of ether oxygens (including phenoxy) is 2. The highest BCUT2D eigenvalue weighted by Gasteiger charge is 2.21. The van der Waals surface area contributed by atoms with E-state index in [2.05, 4.69) is 12.1 Å². The van der Waals surface area contributed by atoms with E-state index in [0.29, 0.717) is 12.4 Å². The second kappa shape index (κ2) is 5.45. The van der Waals surface area contributed by atoms with Gasteiger partial charge in [0.25, 0.3) is 0 Å². The van der Waals surface area contributed by atoms with Gasteiger partial charge in [-0.15, -0.1) is 0 Å². The van der Waals surface area contributed by atoms with Crippen LogP contribution in [-0.2, 0) is 6.42 Å². The summed E-state index contributed by atoms with van der Waals surface area (Å²) in [6.07, 6.45) is 1.91. The Kier molecular flexibility index (Phi) is 3.50. The average Bonchev–Trinajstić information content (AvgIpc) is 2.48. The molecule has 20 heavy (non-hydrogen) atoms. The molecule has 0 aromatic heterocycles. The third kappa shape index (κ3) is 2.57. The Balaban J connectivity index is 1.77. The first kappa shape index (κ1) is 12.9. The van der Waals surface area contributed by atoms with Gasteiger partial charge in [0.1, 0.15) is 23.4 Å². The molecule has 3 heteroatoms. The zero-order chi connectivity index (χ0) is 13.9. The second-order valence-electron chi connectivity index (χ2n) is 4.94. The Morgan fingerprint density at radius 3 is 2.75 bits per heavy atom. The van der Waals surface area contributed by atoms with Crippen LogP contribution in [-0.4, -0.2) is 11.7 Å². The largest absolute Gasteiger partial charge is 0.508 e. The molecule has 0 amide bonds. The maximum atomic E-state index is 9.48. The normalized spacial score (nSPS) is 17.1. The van der Waals surface area contributed by atoms with Crippen LogP contribution in [0.25, 0.3) is 0 Å². The molecule has 1 unspecified atom stereocenters. The van der Waals surface area contributed by atoms with Crippen molar-refractivity contribution in [3.8, 4) is 17.2 Å². The molecule has 1 atom stereocenters. The lowest BCUT2D eigenvalue weighted by atomic mass is 9.97. The minimum Gasteiger partial charge on any atom is -0.508 e. The zero-order valence-corrected chi connectivity index (χ0v) is 11.5. The summed E-state index contributed by atoms with van der Waals surface area (Å²) in [5.74, 6) is 2.05. The van der Waals surface area contributed by atoms with Gasteiger partial charge in [0, 0.05) is 0 Å². The van der Waals surface area contributed by atoms with Gasteiger partial charge in [0.05, 0.1) is 6.61 Å². The predicted octanol–water partition coefficient (Wildman–Crippen LogP) is 3.86. The highest BCUT2D eigenvalue weighted by atomic mass is 16.5. The second-order valence-corrected chi connectivity index (χ2v) is 4.94. The van der Waals surface area contributed by atoms with Crippen molar-refractivity contribution in [1.82, 2.24) is 0 Å². The van der Waals surface area contributed by atoms with Crippen LogP contribution in [0, 0.1) is 0 Å². The highest BCUT2D eigenvalue weighted by Crippen LogP contribution is 2.36. The fourth-order valence-electron chi connectivity index (χ4n) is 2.56. The van der Waals surface area contributed by atoms with Gasteiger partial charge in [0.2, 0.25) is 0 Å². The molecule has 0 fully saturated rings. The van der Waals surface area contributed by atoms with Crippen molar-refractivity contribution in [2.45, 2.75) is 25.9 Å². The molecule has 0 bridgehead atoms. The molecule has 0 saturated heterocycles. The SMILES string of the molecule is CCOc1ccc(C2CCc3cc(O)ccc3O2)cc1. The Labute approximate surface area is 118 Å². The first-order chi connectivity index (χ1) is 9.76. The van der Waals surface area contributed by atoms with Crippen molar-refractivity contribution in [1.29, 1.82) is 0 Å². The number of benzene rings is 2. The summed E-state index contributed by atoms with van der Waals surface area (Å²) in [5, 5.41) is 9.48. The van der Waals surface area contributed by atoms with Crippen molar-refractivity contribution in [2.24, 2.45) is 0 Å². The van der Waals surface area contributed by atoms with E-state index < -0.39 is 0 Å². The highest BCUT2D eigenvalue weighted by molar-refractivity contribution is 5.42. The molecular formula is C17H18O3. The van der Waals surface area contributed by atoms with Crippen molar-refractivity contribution >= 4 is 0 Å². The summed E-state index contributed by atoms with van der Waals surface area (Å²) in [6.45, 7) is 2.65. The van der Waals surface area contributed by atoms with E-state index in [1.165, 1.54) is 0 Å². The fourth-order valence-corrected chi connectivity index (χ4v) is 2.56. The van der Waals surface area contributed by atoms with E-state index in [1.54, 1.807) is 12.1 Å². The van der Waals surface area contributed by atoms with E-state index in [4.69, 9.17) is 9.47 Å². The number of phenols is 1. The van der Waals surface area contributed by atoms with Gasteiger partial charge in [0.15, 0.2) is 0 Å². The van der Waals surface area contributed by atoms with Crippen molar-refractivity contribution in [3.05, 3.63) is 53.6 Å². The maximum Gasteiger partial charge on any atom is 0.124 e. The van der Waals surface area contributed by atoms with Gasteiger partial charge in [-0.2, -0.15) is 0 Å². The van der Waals surface area contributed by atoms with E-state index in [9.17, 15) is 5.11 Å². The Morgan fingerprint density at radius 1 is 1.20 bits per heavy atom. The molecule has 0 radical (unpaired) electrons. The number of phenolic OH excluding ortho intramolecular Hbond substituents is 1. The number of hydrogen-bond acceptors (Lipinski definition) is 3. The van der Waals surface area contributed by atoms with Crippen LogP contribution in [0.1, 0.15) is 30.6 Å². The predicted molar refractivity (Wildman–Crippen MR) is 77.4 cm³/mol. The summed E-state index contributed by atoms with van der Waals surface area (Å²) >= 11 is 0. The number of aromatic hydroxyl groups is 1. The van der Waals surface area contributed by atoms with Gasteiger partial charge in [-0.1, -0.05) is 12.1 Å². The zero-order valence-electron chi connectivity index (χ0n) is 11.5. The molecule has 1 N–H and O–H groups in total. The summed E-state index contributed by atoms with van der Waals surface area (Å²) in [4.78, 5) is 0. The van der Waals surface area contributed by atoms with Gasteiger partial charge >= 0.3 is 0 Å². The van der Waals surface area contributed by atoms with E-state index in [0.717, 1.165) is 35.5 Å². The van der Waals surface area contributed by atoms with Crippen LogP contribution in [0.3, 0.4) is 0 Å². The first-order valence-electron chi connectivity index (χ1n) is 6.97. The van der Waals surface area contributed by atoms with Crippen molar-refractivity contribution in [2.75, 3.05) is 6.61 Å². The van der Waals surface area contributed by atoms with Crippen molar-refractivity contribution < 1.29 is 14.6 Å². The molecule has 2 aromatic rings. The summed E-state index contributed by atoms with van der Waals surface area (Å²) < 4.78 is 11.5. The lowest BCUT2D eigenvalue weighted by Crippen LogP contribution is -2.14. The quantitative estimate of drug-likeness (QED) is 0.920. The van der Waals surface area contributed by atoms with E-state index in [-0.39, 0.29) is 6.10 Å². The molecule has 3 rings (SSSR count). The molecule has 1 aliphatic heterocycles. The third-order valence-electron chi connectivity index (χ3n) is 3.55. The molecule has 0 aliphatic carbocycles. The lowest BCUT2D eigenvalue weighted by molar-refractivity contribution is 0.176. The summed E-state index contributed by atoms with van der Waals surface area (Å²) in [7, 11) is 0. The monoisotopic (exact) mass is 270 g/mol. The molecule has 104 valence electrons. The third-order valence-corrected chi connectivity index (χ3v) is 3.55. The van der Waals surface area contributed by atoms with Gasteiger partial charge in [-0.05, 0) is 61.2 Å². The van der Waals surface area contributed by atoms with Crippen LogP contribution in [0.4, 0.5) is 0 Å². The maximum absolute atomic E-state index is 9.48. The minimum atomic E-state index is 0.0720.